The molecule has 1 saturated heterocycles. The number of hydrogen-bond acceptors (Lipinski definition) is 5. The molecule has 7 nitrogen and oxygen atoms in total. The second-order valence-corrected chi connectivity index (χ2v) is 8.01. The van der Waals surface area contributed by atoms with E-state index < -0.39 is 0 Å². The average molecular weight is 468 g/mol. The summed E-state index contributed by atoms with van der Waals surface area (Å²) in [5.74, 6) is 7.07. The van der Waals surface area contributed by atoms with Gasteiger partial charge >= 0.3 is 0 Å². The third-order valence-corrected chi connectivity index (χ3v) is 5.75. The van der Waals surface area contributed by atoms with E-state index in [0.29, 0.717) is 19.0 Å². The third kappa shape index (κ3) is 5.49. The molecule has 1 atom stereocenters. The molecular weight excluding hydrogens is 438 g/mol. The van der Waals surface area contributed by atoms with Crippen LogP contribution in [0, 0.1) is 17.8 Å². The molecule has 0 radical (unpaired) electrons. The average Bonchev–Trinajstić information content (AvgIpc) is 3.52. The lowest BCUT2D eigenvalue weighted by Gasteiger charge is -2.13. The second-order valence-electron chi connectivity index (χ2n) is 8.01. The van der Waals surface area contributed by atoms with Crippen molar-refractivity contribution in [1.29, 1.82) is 0 Å². The van der Waals surface area contributed by atoms with Gasteiger partial charge in [0.15, 0.2) is 5.65 Å². The largest absolute Gasteiger partial charge is 0.457 e. The van der Waals surface area contributed by atoms with Crippen molar-refractivity contribution in [2.45, 2.75) is 33.7 Å². The molecule has 1 amide bonds. The standard InChI is InChI=1S/C26H23N5O2.C2H6/c1-2-6-24(32)30-14-13-19(16-30)17-31-26-23(15-27-18-28-26)25(29-31)20-9-11-22(12-10-20)33-21-7-4-3-5-8-21;1-2/h3-5,7-12,15,18-19H,13-14,16-17H2,1H3;1-2H3/t19-;/m0./s1. The first-order valence-electron chi connectivity index (χ1n) is 11.9. The van der Waals surface area contributed by atoms with Crippen molar-refractivity contribution < 1.29 is 9.53 Å². The summed E-state index contributed by atoms with van der Waals surface area (Å²) in [7, 11) is 0. The molecule has 0 N–H and O–H groups in total. The van der Waals surface area contributed by atoms with E-state index >= 15 is 0 Å². The van der Waals surface area contributed by atoms with Crippen LogP contribution >= 0.6 is 0 Å². The molecule has 2 aromatic carbocycles. The maximum Gasteiger partial charge on any atom is 0.298 e. The molecule has 7 heteroatoms. The van der Waals surface area contributed by atoms with Crippen LogP contribution in [-0.4, -0.2) is 43.6 Å². The first-order chi connectivity index (χ1) is 17.2. The van der Waals surface area contributed by atoms with Crippen molar-refractivity contribution in [3.8, 4) is 34.6 Å². The van der Waals surface area contributed by atoms with Gasteiger partial charge in [0.2, 0.25) is 0 Å². The van der Waals surface area contributed by atoms with Crippen LogP contribution in [0.1, 0.15) is 27.2 Å². The van der Waals surface area contributed by atoms with Gasteiger partial charge in [-0.05, 0) is 61.6 Å². The normalized spacial score (nSPS) is 14.6. The molecular formula is C28H29N5O2. The van der Waals surface area contributed by atoms with Crippen molar-refractivity contribution in [3.63, 3.8) is 0 Å². The molecule has 1 aliphatic heterocycles. The summed E-state index contributed by atoms with van der Waals surface area (Å²) in [5.41, 5.74) is 2.60. The minimum Gasteiger partial charge on any atom is -0.457 e. The van der Waals surface area contributed by atoms with Gasteiger partial charge in [0.1, 0.15) is 23.5 Å². The SMILES string of the molecule is CC.CC#CC(=O)N1CC[C@H](Cn2nc(-c3ccc(Oc4ccccc4)cc3)c3cncnc32)C1. The van der Waals surface area contributed by atoms with Gasteiger partial charge in [-0.2, -0.15) is 5.10 Å². The quantitative estimate of drug-likeness (QED) is 0.378. The van der Waals surface area contributed by atoms with E-state index in [-0.39, 0.29) is 5.91 Å². The lowest BCUT2D eigenvalue weighted by molar-refractivity contribution is -0.124. The number of hydrogen-bond donors (Lipinski definition) is 0. The van der Waals surface area contributed by atoms with Crippen LogP contribution in [-0.2, 0) is 11.3 Å². The van der Waals surface area contributed by atoms with Crippen molar-refractivity contribution in [3.05, 3.63) is 67.1 Å². The van der Waals surface area contributed by atoms with Gasteiger partial charge in [-0.25, -0.2) is 14.6 Å². The van der Waals surface area contributed by atoms with Crippen LogP contribution in [0.5, 0.6) is 11.5 Å². The van der Waals surface area contributed by atoms with Gasteiger partial charge in [-0.3, -0.25) is 4.79 Å². The summed E-state index contributed by atoms with van der Waals surface area (Å²) in [4.78, 5) is 22.6. The molecule has 0 bridgehead atoms. The fourth-order valence-corrected chi connectivity index (χ4v) is 4.16. The Labute approximate surface area is 205 Å². The summed E-state index contributed by atoms with van der Waals surface area (Å²) in [6.07, 6.45) is 4.27. The van der Waals surface area contributed by atoms with Gasteiger partial charge in [-0.1, -0.05) is 38.0 Å². The summed E-state index contributed by atoms with van der Waals surface area (Å²) < 4.78 is 7.84. The zero-order chi connectivity index (χ0) is 24.6. The number of likely N-dealkylation sites (tertiary alicyclic amines) is 1. The Balaban J connectivity index is 0.00000141. The number of amides is 1. The van der Waals surface area contributed by atoms with Crippen LogP contribution < -0.4 is 4.74 Å². The van der Waals surface area contributed by atoms with Crippen molar-refractivity contribution in [1.82, 2.24) is 24.6 Å². The molecule has 0 saturated carbocycles. The van der Waals surface area contributed by atoms with Crippen molar-refractivity contribution in [2.24, 2.45) is 5.92 Å². The summed E-state index contributed by atoms with van der Waals surface area (Å²) >= 11 is 0. The first-order valence-corrected chi connectivity index (χ1v) is 11.9. The molecule has 0 aliphatic carbocycles. The first kappa shape index (κ1) is 24.0. The maximum absolute atomic E-state index is 12.1. The number of benzene rings is 2. The van der Waals surface area contributed by atoms with E-state index in [4.69, 9.17) is 9.84 Å². The van der Waals surface area contributed by atoms with Gasteiger partial charge in [-0.15, -0.1) is 0 Å². The Hall–Kier alpha value is -4.18. The van der Waals surface area contributed by atoms with Crippen LogP contribution in [0.3, 0.4) is 0 Å². The van der Waals surface area contributed by atoms with Crippen LogP contribution in [0.25, 0.3) is 22.3 Å². The Morgan fingerprint density at radius 1 is 1.09 bits per heavy atom. The van der Waals surface area contributed by atoms with Crippen LogP contribution in [0.15, 0.2) is 67.1 Å². The lowest BCUT2D eigenvalue weighted by atomic mass is 10.1. The molecule has 4 aromatic rings. The number of aromatic nitrogens is 4. The minimum absolute atomic E-state index is 0.105. The van der Waals surface area contributed by atoms with Crippen LogP contribution in [0.2, 0.25) is 0 Å². The number of carbonyl (C=O) groups excluding carboxylic acids is 1. The van der Waals surface area contributed by atoms with Crippen molar-refractivity contribution >= 4 is 16.9 Å². The fraction of sp³-hybridized carbons (Fsp3) is 0.286. The summed E-state index contributed by atoms with van der Waals surface area (Å²) in [5, 5.41) is 5.78. The van der Waals surface area contributed by atoms with Crippen molar-refractivity contribution in [2.75, 3.05) is 13.1 Å². The number of ether oxygens (including phenoxy) is 1. The molecule has 0 unspecified atom stereocenters. The van der Waals surface area contributed by atoms with E-state index in [1.54, 1.807) is 19.4 Å². The minimum atomic E-state index is -0.105. The third-order valence-electron chi connectivity index (χ3n) is 5.75. The molecule has 1 fully saturated rings. The van der Waals surface area contributed by atoms with E-state index in [0.717, 1.165) is 46.8 Å². The van der Waals surface area contributed by atoms with Gasteiger partial charge < -0.3 is 9.64 Å². The number of fused-ring (bicyclic) bond motifs is 1. The van der Waals surface area contributed by atoms with Crippen LogP contribution in [0.4, 0.5) is 0 Å². The van der Waals surface area contributed by atoms with E-state index in [1.165, 1.54) is 0 Å². The zero-order valence-corrected chi connectivity index (χ0v) is 20.3. The Bertz CT molecular complexity index is 1340. The number of nitrogens with zero attached hydrogens (tertiary/aromatic N) is 5. The predicted molar refractivity (Wildman–Crippen MR) is 137 cm³/mol. The molecule has 3 heterocycles. The Morgan fingerprint density at radius 2 is 1.83 bits per heavy atom. The van der Waals surface area contributed by atoms with E-state index in [2.05, 4.69) is 21.8 Å². The Morgan fingerprint density at radius 3 is 2.57 bits per heavy atom. The zero-order valence-electron chi connectivity index (χ0n) is 20.3. The van der Waals surface area contributed by atoms with Gasteiger partial charge in [0.05, 0.1) is 5.39 Å². The van der Waals surface area contributed by atoms with E-state index in [9.17, 15) is 4.79 Å². The molecule has 35 heavy (non-hydrogen) atoms. The predicted octanol–water partition coefficient (Wildman–Crippen LogP) is 5.18. The highest BCUT2D eigenvalue weighted by Gasteiger charge is 2.27. The van der Waals surface area contributed by atoms with Gasteiger partial charge in [0, 0.05) is 31.4 Å². The Kier molecular flexibility index (Phi) is 7.74. The summed E-state index contributed by atoms with van der Waals surface area (Å²) in [6, 6.07) is 17.6. The highest BCUT2D eigenvalue weighted by atomic mass is 16.5. The molecule has 1 aliphatic rings. The van der Waals surface area contributed by atoms with E-state index in [1.807, 2.05) is 78.0 Å². The lowest BCUT2D eigenvalue weighted by Crippen LogP contribution is -2.28. The topological polar surface area (TPSA) is 73.1 Å². The highest BCUT2D eigenvalue weighted by molar-refractivity contribution is 5.93. The summed E-state index contributed by atoms with van der Waals surface area (Å²) in [6.45, 7) is 7.78. The number of carbonyl (C=O) groups is 1. The molecule has 178 valence electrons. The monoisotopic (exact) mass is 467 g/mol. The molecule has 2 aromatic heterocycles. The number of rotatable bonds is 5. The maximum atomic E-state index is 12.1. The molecule has 0 spiro atoms. The molecule has 5 rings (SSSR count). The number of para-hydroxylation sites is 1. The highest BCUT2D eigenvalue weighted by Crippen LogP contribution is 2.30. The second kappa shape index (κ2) is 11.3. The van der Waals surface area contributed by atoms with Gasteiger partial charge in [0.25, 0.3) is 5.91 Å². The fourth-order valence-electron chi connectivity index (χ4n) is 4.16. The smallest absolute Gasteiger partial charge is 0.298 e.